The number of anilines is 1. The van der Waals surface area contributed by atoms with E-state index in [1.807, 2.05) is 0 Å². The molecular formula is C26H18ClFN2O6S. The van der Waals surface area contributed by atoms with Crippen LogP contribution in [0.4, 0.5) is 14.9 Å². The minimum Gasteiger partial charge on any atom is -0.487 e. The van der Waals surface area contributed by atoms with Gasteiger partial charge in [0.05, 0.1) is 15.5 Å². The summed E-state index contributed by atoms with van der Waals surface area (Å²) in [5.41, 5.74) is 1.53. The van der Waals surface area contributed by atoms with E-state index < -0.39 is 35.4 Å². The number of carboxylic acids is 1. The van der Waals surface area contributed by atoms with E-state index in [-0.39, 0.29) is 27.8 Å². The summed E-state index contributed by atoms with van der Waals surface area (Å²) in [6.45, 7) is -0.425. The van der Waals surface area contributed by atoms with E-state index in [1.165, 1.54) is 36.4 Å². The van der Waals surface area contributed by atoms with E-state index in [9.17, 15) is 23.6 Å². The van der Waals surface area contributed by atoms with Crippen LogP contribution in [0.2, 0.25) is 5.02 Å². The molecule has 188 valence electrons. The topological polar surface area (TPSA) is 113 Å². The Morgan fingerprint density at radius 3 is 2.59 bits per heavy atom. The van der Waals surface area contributed by atoms with Crippen LogP contribution < -0.4 is 10.1 Å². The Kier molecular flexibility index (Phi) is 7.90. The number of carbonyl (C=O) groups is 4. The Labute approximate surface area is 219 Å². The fraction of sp³-hybridized carbons (Fsp3) is 0.0769. The van der Waals surface area contributed by atoms with Gasteiger partial charge in [0.15, 0.2) is 0 Å². The standard InChI is InChI=1S/C26H18ClFN2O6S/c27-20-10-15(7-8-21(20)36-14-16-3-1-4-17(9-16)25(33)34)11-22-24(32)30(26(35)37-22)13-23(31)29-19-6-2-5-18(28)12-19/h1-12H,13-14H2,(H,29,31)(H,33,34)/b22-11+. The third-order valence-corrected chi connectivity index (χ3v) is 6.31. The molecule has 0 aliphatic carbocycles. The molecule has 1 aliphatic rings. The Morgan fingerprint density at radius 2 is 1.86 bits per heavy atom. The minimum atomic E-state index is -1.04. The van der Waals surface area contributed by atoms with Gasteiger partial charge in [0.1, 0.15) is 24.7 Å². The van der Waals surface area contributed by atoms with Crippen molar-refractivity contribution in [2.45, 2.75) is 6.61 Å². The van der Waals surface area contributed by atoms with Crippen LogP contribution in [-0.2, 0) is 16.2 Å². The second-order valence-electron chi connectivity index (χ2n) is 7.81. The highest BCUT2D eigenvalue weighted by atomic mass is 35.5. The molecule has 0 atom stereocenters. The number of rotatable bonds is 8. The average molecular weight is 541 g/mol. The highest BCUT2D eigenvalue weighted by Crippen LogP contribution is 2.34. The monoisotopic (exact) mass is 540 g/mol. The van der Waals surface area contributed by atoms with E-state index in [4.69, 9.17) is 21.4 Å². The molecule has 37 heavy (non-hydrogen) atoms. The molecule has 0 aromatic heterocycles. The molecule has 2 N–H and O–H groups in total. The lowest BCUT2D eigenvalue weighted by Crippen LogP contribution is -2.36. The SMILES string of the molecule is O=C(CN1C(=O)S/C(=C/c2ccc(OCc3cccc(C(=O)O)c3)c(Cl)c2)C1=O)Nc1cccc(F)c1. The molecule has 0 radical (unpaired) electrons. The highest BCUT2D eigenvalue weighted by molar-refractivity contribution is 8.18. The predicted octanol–water partition coefficient (Wildman–Crippen LogP) is 5.43. The summed E-state index contributed by atoms with van der Waals surface area (Å²) < 4.78 is 19.0. The molecule has 1 heterocycles. The van der Waals surface area contributed by atoms with Crippen molar-refractivity contribution in [1.29, 1.82) is 0 Å². The van der Waals surface area contributed by atoms with Crippen molar-refractivity contribution in [3.8, 4) is 5.75 Å². The van der Waals surface area contributed by atoms with Gasteiger partial charge in [0.2, 0.25) is 5.91 Å². The van der Waals surface area contributed by atoms with Crippen molar-refractivity contribution in [1.82, 2.24) is 4.90 Å². The van der Waals surface area contributed by atoms with Gasteiger partial charge >= 0.3 is 5.97 Å². The Morgan fingerprint density at radius 1 is 1.08 bits per heavy atom. The van der Waals surface area contributed by atoms with Crippen molar-refractivity contribution in [3.63, 3.8) is 0 Å². The Hall–Kier alpha value is -4.15. The van der Waals surface area contributed by atoms with E-state index in [0.717, 1.165) is 11.0 Å². The van der Waals surface area contributed by atoms with E-state index >= 15 is 0 Å². The minimum absolute atomic E-state index is 0.0940. The molecule has 0 spiro atoms. The molecule has 4 rings (SSSR count). The molecule has 1 saturated heterocycles. The first kappa shape index (κ1) is 25.9. The first-order valence-corrected chi connectivity index (χ1v) is 11.9. The number of thioether (sulfide) groups is 1. The number of halogens is 2. The summed E-state index contributed by atoms with van der Waals surface area (Å²) in [4.78, 5) is 49.4. The number of ether oxygens (including phenoxy) is 1. The largest absolute Gasteiger partial charge is 0.487 e. The number of hydrogen-bond acceptors (Lipinski definition) is 6. The fourth-order valence-electron chi connectivity index (χ4n) is 3.38. The zero-order chi connectivity index (χ0) is 26.5. The van der Waals surface area contributed by atoms with Crippen LogP contribution in [0.1, 0.15) is 21.5 Å². The second-order valence-corrected chi connectivity index (χ2v) is 9.21. The number of carboxylic acid groups (broad SMARTS) is 1. The number of hydrogen-bond donors (Lipinski definition) is 2. The third-order valence-electron chi connectivity index (χ3n) is 5.11. The van der Waals surface area contributed by atoms with Gasteiger partial charge in [-0.25, -0.2) is 9.18 Å². The van der Waals surface area contributed by atoms with Crippen molar-refractivity contribution >= 4 is 58.1 Å². The lowest BCUT2D eigenvalue weighted by atomic mass is 10.1. The van der Waals surface area contributed by atoms with Gasteiger partial charge in [-0.1, -0.05) is 35.9 Å². The summed E-state index contributed by atoms with van der Waals surface area (Å²) in [5.74, 6) is -2.51. The van der Waals surface area contributed by atoms with Crippen LogP contribution in [0.15, 0.2) is 71.6 Å². The normalized spacial score (nSPS) is 14.2. The molecule has 0 bridgehead atoms. The maximum Gasteiger partial charge on any atom is 0.335 e. The zero-order valence-corrected chi connectivity index (χ0v) is 20.5. The van der Waals surface area contributed by atoms with Crippen LogP contribution in [0.25, 0.3) is 6.08 Å². The molecule has 0 saturated carbocycles. The maximum atomic E-state index is 13.3. The molecule has 3 amide bonds. The van der Waals surface area contributed by atoms with Crippen molar-refractivity contribution < 1.29 is 33.4 Å². The third kappa shape index (κ3) is 6.54. The van der Waals surface area contributed by atoms with Crippen LogP contribution in [0.5, 0.6) is 5.75 Å². The number of aromatic carboxylic acids is 1. The molecule has 0 unspecified atom stereocenters. The van der Waals surface area contributed by atoms with Crippen LogP contribution in [0, 0.1) is 5.82 Å². The number of carbonyl (C=O) groups excluding carboxylic acids is 3. The summed E-state index contributed by atoms with van der Waals surface area (Å²) in [6, 6.07) is 16.4. The summed E-state index contributed by atoms with van der Waals surface area (Å²) in [7, 11) is 0. The van der Waals surface area contributed by atoms with Crippen molar-refractivity contribution in [2.24, 2.45) is 0 Å². The van der Waals surface area contributed by atoms with Crippen molar-refractivity contribution in [3.05, 3.63) is 99.2 Å². The Bertz CT molecular complexity index is 1440. The van der Waals surface area contributed by atoms with Crippen LogP contribution in [0.3, 0.4) is 0 Å². The van der Waals surface area contributed by atoms with Crippen LogP contribution >= 0.6 is 23.4 Å². The van der Waals surface area contributed by atoms with Gasteiger partial charge in [-0.15, -0.1) is 0 Å². The number of benzene rings is 3. The maximum absolute atomic E-state index is 13.3. The molecule has 11 heteroatoms. The average Bonchev–Trinajstić information content (AvgIpc) is 3.11. The summed E-state index contributed by atoms with van der Waals surface area (Å²) in [5, 5.41) is 11.2. The van der Waals surface area contributed by atoms with Gasteiger partial charge in [-0.3, -0.25) is 19.3 Å². The summed E-state index contributed by atoms with van der Waals surface area (Å²) >= 11 is 7.00. The number of imide groups is 1. The number of nitrogens with zero attached hydrogens (tertiary/aromatic N) is 1. The van der Waals surface area contributed by atoms with Crippen LogP contribution in [-0.4, -0.2) is 39.6 Å². The van der Waals surface area contributed by atoms with Gasteiger partial charge in [-0.05, 0) is 71.4 Å². The van der Waals surface area contributed by atoms with E-state index in [0.29, 0.717) is 28.6 Å². The fourth-order valence-corrected chi connectivity index (χ4v) is 4.46. The molecule has 8 nitrogen and oxygen atoms in total. The van der Waals surface area contributed by atoms with Gasteiger partial charge in [0.25, 0.3) is 11.1 Å². The Balaban J connectivity index is 1.39. The highest BCUT2D eigenvalue weighted by Gasteiger charge is 2.36. The van der Waals surface area contributed by atoms with E-state index in [1.54, 1.807) is 30.3 Å². The smallest absolute Gasteiger partial charge is 0.335 e. The molecule has 1 fully saturated rings. The quantitative estimate of drug-likeness (QED) is 0.366. The molecule has 3 aromatic carbocycles. The van der Waals surface area contributed by atoms with Gasteiger partial charge in [-0.2, -0.15) is 0 Å². The lowest BCUT2D eigenvalue weighted by molar-refractivity contribution is -0.127. The predicted molar refractivity (Wildman–Crippen MR) is 137 cm³/mol. The molecular weight excluding hydrogens is 523 g/mol. The lowest BCUT2D eigenvalue weighted by Gasteiger charge is -2.12. The molecule has 1 aliphatic heterocycles. The summed E-state index contributed by atoms with van der Waals surface area (Å²) in [6.07, 6.45) is 1.47. The second kappa shape index (κ2) is 11.3. The van der Waals surface area contributed by atoms with Crippen molar-refractivity contribution in [2.75, 3.05) is 11.9 Å². The number of amides is 3. The zero-order valence-electron chi connectivity index (χ0n) is 18.9. The first-order chi connectivity index (χ1) is 17.7. The van der Waals surface area contributed by atoms with E-state index in [2.05, 4.69) is 5.32 Å². The number of nitrogens with one attached hydrogen (secondary N) is 1. The van der Waals surface area contributed by atoms with Gasteiger partial charge in [0, 0.05) is 5.69 Å². The van der Waals surface area contributed by atoms with Gasteiger partial charge < -0.3 is 15.2 Å². The first-order valence-electron chi connectivity index (χ1n) is 10.7. The molecule has 3 aromatic rings.